The van der Waals surface area contributed by atoms with Gasteiger partial charge in [-0.3, -0.25) is 4.79 Å². The topological polar surface area (TPSA) is 44.4 Å². The summed E-state index contributed by atoms with van der Waals surface area (Å²) in [6.07, 6.45) is 5.90. The summed E-state index contributed by atoms with van der Waals surface area (Å²) < 4.78 is 0. The van der Waals surface area contributed by atoms with Crippen molar-refractivity contribution in [2.24, 2.45) is 5.92 Å². The second-order valence-corrected chi connectivity index (χ2v) is 5.57. The number of nitrogens with one attached hydrogen (secondary N) is 2. The fourth-order valence-corrected chi connectivity index (χ4v) is 2.90. The van der Waals surface area contributed by atoms with Crippen LogP contribution in [0.4, 0.5) is 0 Å². The van der Waals surface area contributed by atoms with Crippen LogP contribution in [0.3, 0.4) is 0 Å². The predicted octanol–water partition coefficient (Wildman–Crippen LogP) is 0.587. The second kappa shape index (κ2) is 6.36. The van der Waals surface area contributed by atoms with E-state index in [1.165, 1.54) is 25.7 Å². The summed E-state index contributed by atoms with van der Waals surface area (Å²) in [5.41, 5.74) is 0. The lowest BCUT2D eigenvalue weighted by atomic mass is 10.1. The summed E-state index contributed by atoms with van der Waals surface area (Å²) in [6.45, 7) is 3.95. The van der Waals surface area contributed by atoms with Gasteiger partial charge in [0.1, 0.15) is 0 Å². The molecule has 4 heteroatoms. The first-order valence-electron chi connectivity index (χ1n) is 6.92. The van der Waals surface area contributed by atoms with E-state index < -0.39 is 0 Å². The van der Waals surface area contributed by atoms with Crippen molar-refractivity contribution in [3.05, 3.63) is 0 Å². The van der Waals surface area contributed by atoms with Gasteiger partial charge in [-0.05, 0) is 25.8 Å². The van der Waals surface area contributed by atoms with Crippen molar-refractivity contribution in [3.63, 3.8) is 0 Å². The summed E-state index contributed by atoms with van der Waals surface area (Å²) in [6, 6.07) is 0.331. The standard InChI is InChI=1S/C13H25N3O/c1-16-7-6-14-12(10-16)8-13(17)15-9-11-4-2-3-5-11/h11-12,14H,2-10H2,1H3,(H,15,17). The number of carbonyl (C=O) groups excluding carboxylic acids is 1. The monoisotopic (exact) mass is 239 g/mol. The molecule has 0 aromatic rings. The number of rotatable bonds is 4. The van der Waals surface area contributed by atoms with Gasteiger partial charge in [-0.15, -0.1) is 0 Å². The van der Waals surface area contributed by atoms with Gasteiger partial charge in [0.15, 0.2) is 0 Å². The van der Waals surface area contributed by atoms with Crippen LogP contribution >= 0.6 is 0 Å². The van der Waals surface area contributed by atoms with Gasteiger partial charge < -0.3 is 15.5 Å². The van der Waals surface area contributed by atoms with Gasteiger partial charge >= 0.3 is 0 Å². The third-order valence-electron chi connectivity index (χ3n) is 3.95. The van der Waals surface area contributed by atoms with E-state index in [1.54, 1.807) is 0 Å². The highest BCUT2D eigenvalue weighted by Gasteiger charge is 2.20. The maximum atomic E-state index is 11.8. The quantitative estimate of drug-likeness (QED) is 0.754. The highest BCUT2D eigenvalue weighted by atomic mass is 16.1. The van der Waals surface area contributed by atoms with Gasteiger partial charge in [0.2, 0.25) is 5.91 Å². The van der Waals surface area contributed by atoms with Crippen LogP contribution in [0.15, 0.2) is 0 Å². The Morgan fingerprint density at radius 1 is 1.41 bits per heavy atom. The number of hydrogen-bond donors (Lipinski definition) is 2. The van der Waals surface area contributed by atoms with E-state index in [0.717, 1.165) is 32.1 Å². The van der Waals surface area contributed by atoms with Gasteiger partial charge in [-0.2, -0.15) is 0 Å². The minimum atomic E-state index is 0.213. The molecule has 1 amide bonds. The molecule has 2 aliphatic rings. The molecule has 0 aromatic heterocycles. The molecule has 17 heavy (non-hydrogen) atoms. The maximum Gasteiger partial charge on any atom is 0.221 e. The van der Waals surface area contributed by atoms with E-state index in [9.17, 15) is 4.79 Å². The Balaban J connectivity index is 1.62. The molecule has 0 radical (unpaired) electrons. The fraction of sp³-hybridized carbons (Fsp3) is 0.923. The summed E-state index contributed by atoms with van der Waals surface area (Å²) in [4.78, 5) is 14.1. The first-order valence-corrected chi connectivity index (χ1v) is 6.92. The van der Waals surface area contributed by atoms with E-state index in [2.05, 4.69) is 22.6 Å². The summed E-state index contributed by atoms with van der Waals surface area (Å²) in [5.74, 6) is 0.950. The number of nitrogens with zero attached hydrogens (tertiary/aromatic N) is 1. The van der Waals surface area contributed by atoms with Gasteiger partial charge in [0.25, 0.3) is 0 Å². The van der Waals surface area contributed by atoms with Crippen LogP contribution in [0.1, 0.15) is 32.1 Å². The Labute approximate surface area is 104 Å². The van der Waals surface area contributed by atoms with Crippen LogP contribution in [-0.2, 0) is 4.79 Å². The van der Waals surface area contributed by atoms with Crippen LogP contribution in [-0.4, -0.2) is 50.1 Å². The Kier molecular flexibility index (Phi) is 4.80. The zero-order chi connectivity index (χ0) is 12.1. The number of carbonyl (C=O) groups is 1. The molecule has 98 valence electrons. The molecule has 1 aliphatic heterocycles. The molecule has 0 spiro atoms. The molecule has 1 heterocycles. The van der Waals surface area contributed by atoms with E-state index in [4.69, 9.17) is 0 Å². The minimum absolute atomic E-state index is 0.213. The van der Waals surface area contributed by atoms with E-state index in [0.29, 0.717) is 12.5 Å². The van der Waals surface area contributed by atoms with Crippen molar-refractivity contribution in [3.8, 4) is 0 Å². The SMILES string of the molecule is CN1CCNC(CC(=O)NCC2CCCC2)C1. The predicted molar refractivity (Wildman–Crippen MR) is 68.9 cm³/mol. The first kappa shape index (κ1) is 12.8. The average molecular weight is 239 g/mol. The van der Waals surface area contributed by atoms with Crippen molar-refractivity contribution in [2.75, 3.05) is 33.2 Å². The summed E-state index contributed by atoms with van der Waals surface area (Å²) >= 11 is 0. The van der Waals surface area contributed by atoms with Gasteiger partial charge in [0, 0.05) is 38.6 Å². The highest BCUT2D eigenvalue weighted by molar-refractivity contribution is 5.76. The number of piperazine rings is 1. The van der Waals surface area contributed by atoms with Gasteiger partial charge in [-0.25, -0.2) is 0 Å². The largest absolute Gasteiger partial charge is 0.356 e. The summed E-state index contributed by atoms with van der Waals surface area (Å²) in [7, 11) is 2.12. The molecule has 0 bridgehead atoms. The molecule has 2 rings (SSSR count). The summed E-state index contributed by atoms with van der Waals surface area (Å²) in [5, 5.41) is 6.50. The van der Waals surface area contributed by atoms with Crippen LogP contribution < -0.4 is 10.6 Å². The molecule has 2 fully saturated rings. The molecule has 2 N–H and O–H groups in total. The van der Waals surface area contributed by atoms with Crippen LogP contribution in [0, 0.1) is 5.92 Å². The molecule has 0 aromatic carbocycles. The third kappa shape index (κ3) is 4.28. The van der Waals surface area contributed by atoms with Gasteiger partial charge in [-0.1, -0.05) is 12.8 Å². The zero-order valence-electron chi connectivity index (χ0n) is 10.9. The highest BCUT2D eigenvalue weighted by Crippen LogP contribution is 2.23. The van der Waals surface area contributed by atoms with Crippen LogP contribution in [0.5, 0.6) is 0 Å². The van der Waals surface area contributed by atoms with E-state index >= 15 is 0 Å². The minimum Gasteiger partial charge on any atom is -0.356 e. The molecule has 1 aliphatic carbocycles. The molecule has 1 saturated carbocycles. The maximum absolute atomic E-state index is 11.8. The first-order chi connectivity index (χ1) is 8.24. The molecular formula is C13H25N3O. The number of likely N-dealkylation sites (N-methyl/N-ethyl adjacent to an activating group) is 1. The molecule has 4 nitrogen and oxygen atoms in total. The van der Waals surface area contributed by atoms with Crippen molar-refractivity contribution < 1.29 is 4.79 Å². The average Bonchev–Trinajstić information content (AvgIpc) is 2.79. The lowest BCUT2D eigenvalue weighted by molar-refractivity contribution is -0.122. The fourth-order valence-electron chi connectivity index (χ4n) is 2.90. The zero-order valence-corrected chi connectivity index (χ0v) is 10.9. The van der Waals surface area contributed by atoms with Crippen molar-refractivity contribution >= 4 is 5.91 Å². The van der Waals surface area contributed by atoms with E-state index in [-0.39, 0.29) is 5.91 Å². The van der Waals surface area contributed by atoms with Crippen molar-refractivity contribution in [1.82, 2.24) is 15.5 Å². The van der Waals surface area contributed by atoms with E-state index in [1.807, 2.05) is 0 Å². The van der Waals surface area contributed by atoms with Crippen molar-refractivity contribution in [2.45, 2.75) is 38.1 Å². The lowest BCUT2D eigenvalue weighted by Crippen LogP contribution is -2.50. The Hall–Kier alpha value is -0.610. The second-order valence-electron chi connectivity index (χ2n) is 5.57. The van der Waals surface area contributed by atoms with Gasteiger partial charge in [0.05, 0.1) is 0 Å². The third-order valence-corrected chi connectivity index (χ3v) is 3.95. The number of hydrogen-bond acceptors (Lipinski definition) is 3. The normalized spacial score (nSPS) is 27.2. The molecule has 1 saturated heterocycles. The Bertz CT molecular complexity index is 251. The van der Waals surface area contributed by atoms with Crippen molar-refractivity contribution in [1.29, 1.82) is 0 Å². The molecule has 1 unspecified atom stereocenters. The Morgan fingerprint density at radius 3 is 2.88 bits per heavy atom. The number of amides is 1. The van der Waals surface area contributed by atoms with Crippen LogP contribution in [0.2, 0.25) is 0 Å². The van der Waals surface area contributed by atoms with Crippen LogP contribution in [0.25, 0.3) is 0 Å². The lowest BCUT2D eigenvalue weighted by Gasteiger charge is -2.30. The Morgan fingerprint density at radius 2 is 2.18 bits per heavy atom. The smallest absolute Gasteiger partial charge is 0.221 e. The molecular weight excluding hydrogens is 214 g/mol. The molecule has 1 atom stereocenters.